The number of methoxy groups -OCH3 is 2. The molecule has 0 radical (unpaired) electrons. The molecule has 2 aromatic heterocycles. The summed E-state index contributed by atoms with van der Waals surface area (Å²) in [6.45, 7) is 1.75. The van der Waals surface area contributed by atoms with Gasteiger partial charge in [0.1, 0.15) is 11.5 Å². The van der Waals surface area contributed by atoms with E-state index in [-0.39, 0.29) is 5.91 Å². The number of nitrogens with one attached hydrogen (secondary N) is 1. The molecule has 1 amide bonds. The normalized spacial score (nSPS) is 14.1. The van der Waals surface area contributed by atoms with Crippen molar-refractivity contribution in [1.29, 1.82) is 0 Å². The second-order valence-electron chi connectivity index (χ2n) is 7.41. The van der Waals surface area contributed by atoms with E-state index in [9.17, 15) is 18.0 Å². The van der Waals surface area contributed by atoms with Crippen LogP contribution in [0.4, 0.5) is 29.8 Å². The van der Waals surface area contributed by atoms with E-state index in [1.165, 1.54) is 17.4 Å². The second kappa shape index (κ2) is 9.75. The molecule has 1 aliphatic rings. The lowest BCUT2D eigenvalue weighted by Crippen LogP contribution is -2.49. The Bertz CT molecular complexity index is 1150. The van der Waals surface area contributed by atoms with Crippen molar-refractivity contribution in [2.45, 2.75) is 6.18 Å². The van der Waals surface area contributed by atoms with E-state index >= 15 is 0 Å². The fourth-order valence-electron chi connectivity index (χ4n) is 3.51. The van der Waals surface area contributed by atoms with Crippen LogP contribution >= 0.6 is 11.3 Å². The van der Waals surface area contributed by atoms with Crippen molar-refractivity contribution in [3.05, 3.63) is 53.2 Å². The van der Waals surface area contributed by atoms with Gasteiger partial charge in [-0.1, -0.05) is 0 Å². The third kappa shape index (κ3) is 5.16. The van der Waals surface area contributed by atoms with Crippen LogP contribution in [0.3, 0.4) is 0 Å². The molecule has 3 aromatic rings. The average molecular weight is 494 g/mol. The van der Waals surface area contributed by atoms with Crippen molar-refractivity contribution in [3.8, 4) is 11.5 Å². The highest BCUT2D eigenvalue weighted by Gasteiger charge is 2.31. The number of carbonyl (C=O) groups excluding carboxylic acids is 1. The van der Waals surface area contributed by atoms with Crippen LogP contribution in [0.5, 0.6) is 11.5 Å². The summed E-state index contributed by atoms with van der Waals surface area (Å²) in [5.41, 5.74) is 0.281. The Morgan fingerprint density at radius 2 is 1.79 bits per heavy atom. The van der Waals surface area contributed by atoms with Crippen molar-refractivity contribution in [1.82, 2.24) is 14.9 Å². The molecule has 0 spiro atoms. The standard InChI is InChI=1S/C22H22F3N5O3S/c1-32-17-5-4-15(11-18(17)33-2)27-21-28-16(13-34-21)20(31)30-9-7-29(8-10-30)19-6-3-14(12-26-19)22(23,24)25/h3-6,11-13H,7-10H2,1-2H3,(H,27,28). The summed E-state index contributed by atoms with van der Waals surface area (Å²) < 4.78 is 48.7. The number of rotatable bonds is 6. The van der Waals surface area contributed by atoms with Crippen LogP contribution in [0.2, 0.25) is 0 Å². The maximum atomic E-state index is 12.9. The molecule has 1 aromatic carbocycles. The van der Waals surface area contributed by atoms with E-state index in [1.807, 2.05) is 11.0 Å². The maximum Gasteiger partial charge on any atom is 0.417 e. The number of halogens is 3. The number of alkyl halides is 3. The number of hydrogen-bond donors (Lipinski definition) is 1. The molecule has 1 N–H and O–H groups in total. The van der Waals surface area contributed by atoms with E-state index in [0.29, 0.717) is 54.3 Å². The van der Waals surface area contributed by atoms with E-state index in [0.717, 1.165) is 18.0 Å². The summed E-state index contributed by atoms with van der Waals surface area (Å²) in [5.74, 6) is 1.43. The smallest absolute Gasteiger partial charge is 0.417 e. The minimum absolute atomic E-state index is 0.198. The first-order chi connectivity index (χ1) is 16.3. The molecular weight excluding hydrogens is 471 g/mol. The van der Waals surface area contributed by atoms with Crippen LogP contribution in [0, 0.1) is 0 Å². The highest BCUT2D eigenvalue weighted by atomic mass is 32.1. The van der Waals surface area contributed by atoms with Gasteiger partial charge >= 0.3 is 6.18 Å². The number of anilines is 3. The van der Waals surface area contributed by atoms with E-state index in [1.54, 1.807) is 36.6 Å². The lowest BCUT2D eigenvalue weighted by atomic mass is 10.2. The maximum absolute atomic E-state index is 12.9. The van der Waals surface area contributed by atoms with Crippen LogP contribution in [0.1, 0.15) is 16.1 Å². The summed E-state index contributed by atoms with van der Waals surface area (Å²) in [5, 5.41) is 5.40. The number of amides is 1. The lowest BCUT2D eigenvalue weighted by Gasteiger charge is -2.35. The molecule has 180 valence electrons. The number of piperazine rings is 1. The topological polar surface area (TPSA) is 79.8 Å². The number of ether oxygens (including phenoxy) is 2. The van der Waals surface area contributed by atoms with Gasteiger partial charge in [0.05, 0.1) is 19.8 Å². The zero-order valence-electron chi connectivity index (χ0n) is 18.4. The van der Waals surface area contributed by atoms with Gasteiger partial charge < -0.3 is 24.6 Å². The highest BCUT2D eigenvalue weighted by Crippen LogP contribution is 2.32. The van der Waals surface area contributed by atoms with Gasteiger partial charge in [-0.3, -0.25) is 4.79 Å². The molecule has 0 aliphatic carbocycles. The Balaban J connectivity index is 1.35. The molecule has 3 heterocycles. The van der Waals surface area contributed by atoms with E-state index < -0.39 is 11.7 Å². The molecule has 34 heavy (non-hydrogen) atoms. The molecule has 0 atom stereocenters. The zero-order chi connectivity index (χ0) is 24.3. The number of pyridine rings is 1. The SMILES string of the molecule is COc1ccc(Nc2nc(C(=O)N3CCN(c4ccc(C(F)(F)F)cn4)CC3)cs2)cc1OC. The Hall–Kier alpha value is -3.54. The Labute approximate surface area is 197 Å². The number of thiazole rings is 1. The van der Waals surface area contributed by atoms with Crippen LogP contribution in [-0.4, -0.2) is 61.2 Å². The molecule has 4 rings (SSSR count). The first-order valence-corrected chi connectivity index (χ1v) is 11.2. The first-order valence-electron chi connectivity index (χ1n) is 10.3. The average Bonchev–Trinajstić information content (AvgIpc) is 3.31. The number of benzene rings is 1. The van der Waals surface area contributed by atoms with Gasteiger partial charge in [0.25, 0.3) is 5.91 Å². The summed E-state index contributed by atoms with van der Waals surface area (Å²) in [6.07, 6.45) is -3.59. The summed E-state index contributed by atoms with van der Waals surface area (Å²) in [4.78, 5) is 24.8. The molecule has 12 heteroatoms. The van der Waals surface area contributed by atoms with E-state index in [4.69, 9.17) is 9.47 Å². The van der Waals surface area contributed by atoms with Crippen molar-refractivity contribution in [3.63, 3.8) is 0 Å². The molecule has 1 aliphatic heterocycles. The molecule has 1 saturated heterocycles. The lowest BCUT2D eigenvalue weighted by molar-refractivity contribution is -0.137. The summed E-state index contributed by atoms with van der Waals surface area (Å²) >= 11 is 1.31. The monoisotopic (exact) mass is 493 g/mol. The van der Waals surface area contributed by atoms with Gasteiger partial charge in [-0.05, 0) is 24.3 Å². The van der Waals surface area contributed by atoms with Crippen molar-refractivity contribution < 1.29 is 27.4 Å². The highest BCUT2D eigenvalue weighted by molar-refractivity contribution is 7.14. The first kappa shape index (κ1) is 23.6. The van der Waals surface area contributed by atoms with Crippen LogP contribution < -0.4 is 19.7 Å². The third-order valence-corrected chi connectivity index (χ3v) is 6.08. The minimum Gasteiger partial charge on any atom is -0.493 e. The Morgan fingerprint density at radius 3 is 2.41 bits per heavy atom. The number of aromatic nitrogens is 2. The molecule has 0 saturated carbocycles. The van der Waals surface area contributed by atoms with Crippen molar-refractivity contribution >= 4 is 33.9 Å². The summed E-state index contributed by atoms with van der Waals surface area (Å²) in [7, 11) is 3.11. The van der Waals surface area contributed by atoms with Gasteiger partial charge in [0.15, 0.2) is 16.6 Å². The number of hydrogen-bond acceptors (Lipinski definition) is 8. The fourth-order valence-corrected chi connectivity index (χ4v) is 4.21. The minimum atomic E-state index is -4.42. The molecule has 0 unspecified atom stereocenters. The number of nitrogens with zero attached hydrogens (tertiary/aromatic N) is 4. The van der Waals surface area contributed by atoms with Gasteiger partial charge in [0, 0.05) is 49.5 Å². The third-order valence-electron chi connectivity index (χ3n) is 5.32. The predicted molar refractivity (Wildman–Crippen MR) is 122 cm³/mol. The van der Waals surface area contributed by atoms with Crippen molar-refractivity contribution in [2.24, 2.45) is 0 Å². The Morgan fingerprint density at radius 1 is 1.06 bits per heavy atom. The summed E-state index contributed by atoms with van der Waals surface area (Å²) in [6, 6.07) is 7.73. The molecule has 1 fully saturated rings. The largest absolute Gasteiger partial charge is 0.493 e. The van der Waals surface area contributed by atoms with Gasteiger partial charge in [-0.25, -0.2) is 9.97 Å². The van der Waals surface area contributed by atoms with Crippen LogP contribution in [0.25, 0.3) is 0 Å². The van der Waals surface area contributed by atoms with Gasteiger partial charge in [0.2, 0.25) is 0 Å². The van der Waals surface area contributed by atoms with Gasteiger partial charge in [-0.15, -0.1) is 11.3 Å². The zero-order valence-corrected chi connectivity index (χ0v) is 19.2. The van der Waals surface area contributed by atoms with Gasteiger partial charge in [-0.2, -0.15) is 13.2 Å². The van der Waals surface area contributed by atoms with Crippen LogP contribution in [-0.2, 0) is 6.18 Å². The molecule has 8 nitrogen and oxygen atoms in total. The van der Waals surface area contributed by atoms with E-state index in [2.05, 4.69) is 15.3 Å². The predicted octanol–water partition coefficient (Wildman–Crippen LogP) is 4.28. The number of carbonyl (C=O) groups is 1. The molecule has 0 bridgehead atoms. The molecular formula is C22H22F3N5O3S. The van der Waals surface area contributed by atoms with Crippen LogP contribution in [0.15, 0.2) is 41.9 Å². The quantitative estimate of drug-likeness (QED) is 0.549. The fraction of sp³-hybridized carbons (Fsp3) is 0.318. The Kier molecular flexibility index (Phi) is 6.77. The van der Waals surface area contributed by atoms with Crippen molar-refractivity contribution in [2.75, 3.05) is 50.6 Å². The second-order valence-corrected chi connectivity index (χ2v) is 8.27.